The van der Waals surface area contributed by atoms with Crippen LogP contribution in [-0.4, -0.2) is 59.1 Å². The third kappa shape index (κ3) is 7.63. The Hall–Kier alpha value is -4.84. The second-order valence-electron chi connectivity index (χ2n) is 8.48. The number of nitrogens with one attached hydrogen (secondary N) is 2. The van der Waals surface area contributed by atoms with Crippen LogP contribution in [0.4, 0.5) is 5.69 Å². The van der Waals surface area contributed by atoms with Crippen molar-refractivity contribution in [3.05, 3.63) is 89.7 Å². The van der Waals surface area contributed by atoms with Crippen molar-refractivity contribution in [2.24, 2.45) is 0 Å². The molecule has 0 saturated heterocycles. The molecule has 0 spiro atoms. The number of carbonyl (C=O) groups excluding carboxylic acids is 3. The Bertz CT molecular complexity index is 1490. The lowest BCUT2D eigenvalue weighted by molar-refractivity contribution is -0.113. The van der Waals surface area contributed by atoms with Gasteiger partial charge in [-0.1, -0.05) is 11.8 Å². The third-order valence-corrected chi connectivity index (χ3v) is 6.73. The number of aromatic nitrogens is 3. The molecule has 0 atom stereocenters. The largest absolute Gasteiger partial charge is 0.497 e. The van der Waals surface area contributed by atoms with Gasteiger partial charge in [0.25, 0.3) is 5.91 Å². The van der Waals surface area contributed by atoms with Crippen LogP contribution in [0.25, 0.3) is 5.69 Å². The van der Waals surface area contributed by atoms with Crippen molar-refractivity contribution in [1.29, 1.82) is 0 Å². The molecule has 1 heterocycles. The summed E-state index contributed by atoms with van der Waals surface area (Å²) in [7, 11) is 3.14. The van der Waals surface area contributed by atoms with Gasteiger partial charge in [0, 0.05) is 16.9 Å². The summed E-state index contributed by atoms with van der Waals surface area (Å²) >= 11 is 1.19. The van der Waals surface area contributed by atoms with E-state index < -0.39 is 5.97 Å². The van der Waals surface area contributed by atoms with Crippen molar-refractivity contribution in [2.45, 2.75) is 18.6 Å². The first-order valence-corrected chi connectivity index (χ1v) is 13.6. The topological polar surface area (TPSA) is 134 Å². The molecule has 41 heavy (non-hydrogen) atoms. The number of hydrogen-bond acceptors (Lipinski definition) is 9. The molecule has 11 nitrogen and oxygen atoms in total. The van der Waals surface area contributed by atoms with E-state index in [0.717, 1.165) is 5.69 Å². The molecule has 0 aliphatic carbocycles. The second kappa shape index (κ2) is 14.0. The summed E-state index contributed by atoms with van der Waals surface area (Å²) in [5.74, 6) is 0.895. The minimum atomic E-state index is -0.421. The molecule has 12 heteroatoms. The number of rotatable bonds is 12. The predicted molar refractivity (Wildman–Crippen MR) is 154 cm³/mol. The number of carbonyl (C=O) groups is 3. The van der Waals surface area contributed by atoms with Crippen LogP contribution in [0, 0.1) is 0 Å². The van der Waals surface area contributed by atoms with E-state index in [1.165, 1.54) is 11.8 Å². The highest BCUT2D eigenvalue weighted by atomic mass is 32.2. The first-order chi connectivity index (χ1) is 19.9. The Morgan fingerprint density at radius 2 is 1.44 bits per heavy atom. The normalized spacial score (nSPS) is 10.5. The molecule has 2 amide bonds. The molecule has 4 rings (SSSR count). The van der Waals surface area contributed by atoms with Gasteiger partial charge in [-0.2, -0.15) is 0 Å². The SMILES string of the molecule is CCOC(=O)c1ccc(NC(=O)CSc2nnc(CNC(=O)c3ccc(OC)cc3)n2-c2ccc(OC)cc2)cc1. The molecule has 2 N–H and O–H groups in total. The number of amides is 2. The molecule has 0 aliphatic rings. The summed E-state index contributed by atoms with van der Waals surface area (Å²) < 4.78 is 17.2. The van der Waals surface area contributed by atoms with Gasteiger partial charge in [-0.05, 0) is 79.7 Å². The van der Waals surface area contributed by atoms with Crippen molar-refractivity contribution >= 4 is 35.2 Å². The van der Waals surface area contributed by atoms with Gasteiger partial charge in [-0.25, -0.2) is 4.79 Å². The van der Waals surface area contributed by atoms with Crippen LogP contribution in [-0.2, 0) is 16.1 Å². The van der Waals surface area contributed by atoms with Gasteiger partial charge in [0.05, 0.1) is 38.7 Å². The fraction of sp³-hybridized carbons (Fsp3) is 0.207. The highest BCUT2D eigenvalue weighted by Gasteiger charge is 2.18. The fourth-order valence-electron chi connectivity index (χ4n) is 3.73. The minimum absolute atomic E-state index is 0.0477. The molecule has 0 radical (unpaired) electrons. The molecular formula is C29H29N5O6S. The molecule has 0 aliphatic heterocycles. The molecule has 212 valence electrons. The van der Waals surface area contributed by atoms with E-state index in [-0.39, 0.29) is 30.7 Å². The molecule has 0 bridgehead atoms. The van der Waals surface area contributed by atoms with Crippen LogP contribution >= 0.6 is 11.8 Å². The number of methoxy groups -OCH3 is 2. The van der Waals surface area contributed by atoms with Crippen molar-refractivity contribution in [3.8, 4) is 17.2 Å². The Balaban J connectivity index is 1.45. The van der Waals surface area contributed by atoms with E-state index in [2.05, 4.69) is 20.8 Å². The molecule has 4 aromatic rings. The number of ether oxygens (including phenoxy) is 3. The van der Waals surface area contributed by atoms with Gasteiger partial charge >= 0.3 is 5.97 Å². The Morgan fingerprint density at radius 1 is 0.829 bits per heavy atom. The maximum Gasteiger partial charge on any atom is 0.338 e. The quantitative estimate of drug-likeness (QED) is 0.189. The maximum atomic E-state index is 12.7. The average molecular weight is 576 g/mol. The monoisotopic (exact) mass is 575 g/mol. The van der Waals surface area contributed by atoms with Crippen molar-refractivity contribution in [2.75, 3.05) is 31.9 Å². The minimum Gasteiger partial charge on any atom is -0.497 e. The van der Waals surface area contributed by atoms with Gasteiger partial charge < -0.3 is 24.8 Å². The van der Waals surface area contributed by atoms with Crippen LogP contribution in [0.2, 0.25) is 0 Å². The van der Waals surface area contributed by atoms with Gasteiger partial charge in [0.1, 0.15) is 11.5 Å². The van der Waals surface area contributed by atoms with E-state index >= 15 is 0 Å². The molecule has 0 unspecified atom stereocenters. The van der Waals surface area contributed by atoms with Gasteiger partial charge in [-0.15, -0.1) is 10.2 Å². The lowest BCUT2D eigenvalue weighted by Crippen LogP contribution is -2.24. The van der Waals surface area contributed by atoms with Gasteiger partial charge in [0.2, 0.25) is 5.91 Å². The van der Waals surface area contributed by atoms with Crippen LogP contribution in [0.5, 0.6) is 11.5 Å². The van der Waals surface area contributed by atoms with Crippen molar-refractivity contribution < 1.29 is 28.6 Å². The summed E-state index contributed by atoms with van der Waals surface area (Å²) in [6, 6.07) is 20.5. The first-order valence-electron chi connectivity index (χ1n) is 12.6. The second-order valence-corrected chi connectivity index (χ2v) is 9.42. The molecule has 0 fully saturated rings. The predicted octanol–water partition coefficient (Wildman–Crippen LogP) is 4.12. The summed E-state index contributed by atoms with van der Waals surface area (Å²) in [4.78, 5) is 37.3. The fourth-order valence-corrected chi connectivity index (χ4v) is 4.50. The van der Waals surface area contributed by atoms with Crippen molar-refractivity contribution in [1.82, 2.24) is 20.1 Å². The van der Waals surface area contributed by atoms with Crippen LogP contribution in [0.15, 0.2) is 78.0 Å². The summed E-state index contributed by atoms with van der Waals surface area (Å²) in [6.07, 6.45) is 0. The average Bonchev–Trinajstić information content (AvgIpc) is 3.42. The highest BCUT2D eigenvalue weighted by molar-refractivity contribution is 7.99. The third-order valence-electron chi connectivity index (χ3n) is 5.80. The lowest BCUT2D eigenvalue weighted by atomic mass is 10.2. The van der Waals surface area contributed by atoms with Gasteiger partial charge in [-0.3, -0.25) is 14.2 Å². The smallest absolute Gasteiger partial charge is 0.338 e. The number of thioether (sulfide) groups is 1. The molecule has 1 aromatic heterocycles. The standard InChI is InChI=1S/C29H29N5O6S/c1-4-40-28(37)20-5-9-21(10-6-20)31-26(35)18-41-29-33-32-25(34(29)22-11-15-24(39-3)16-12-22)17-30-27(36)19-7-13-23(38-2)14-8-19/h5-16H,4,17-18H2,1-3H3,(H,30,36)(H,31,35). The summed E-state index contributed by atoms with van der Waals surface area (Å²) in [5.41, 5.74) is 2.16. The Kier molecular flexibility index (Phi) is 9.94. The highest BCUT2D eigenvalue weighted by Crippen LogP contribution is 2.24. The van der Waals surface area contributed by atoms with E-state index in [0.29, 0.717) is 39.3 Å². The molecular weight excluding hydrogens is 546 g/mol. The summed E-state index contributed by atoms with van der Waals surface area (Å²) in [5, 5.41) is 14.7. The van der Waals surface area contributed by atoms with Crippen LogP contribution in [0.3, 0.4) is 0 Å². The molecule has 0 saturated carbocycles. The van der Waals surface area contributed by atoms with E-state index in [9.17, 15) is 14.4 Å². The number of benzene rings is 3. The number of anilines is 1. The zero-order valence-electron chi connectivity index (χ0n) is 22.7. The van der Waals surface area contributed by atoms with E-state index in [1.807, 2.05) is 12.1 Å². The molecule has 3 aromatic carbocycles. The summed E-state index contributed by atoms with van der Waals surface area (Å²) in [6.45, 7) is 2.12. The maximum absolute atomic E-state index is 12.7. The van der Waals surface area contributed by atoms with Crippen LogP contribution < -0.4 is 20.1 Å². The Morgan fingerprint density at radius 3 is 2.05 bits per heavy atom. The van der Waals surface area contributed by atoms with Gasteiger partial charge in [0.15, 0.2) is 11.0 Å². The van der Waals surface area contributed by atoms with E-state index in [4.69, 9.17) is 14.2 Å². The number of hydrogen-bond donors (Lipinski definition) is 2. The number of esters is 1. The van der Waals surface area contributed by atoms with Crippen LogP contribution in [0.1, 0.15) is 33.5 Å². The zero-order chi connectivity index (χ0) is 29.2. The zero-order valence-corrected chi connectivity index (χ0v) is 23.6. The first kappa shape index (κ1) is 29.2. The Labute approximate surface area is 241 Å². The van der Waals surface area contributed by atoms with E-state index in [1.54, 1.807) is 86.4 Å². The lowest BCUT2D eigenvalue weighted by Gasteiger charge is -2.12. The van der Waals surface area contributed by atoms with Crippen molar-refractivity contribution in [3.63, 3.8) is 0 Å². The number of nitrogens with zero attached hydrogens (tertiary/aromatic N) is 3.